The zero-order chi connectivity index (χ0) is 20.5. The van der Waals surface area contributed by atoms with Gasteiger partial charge in [-0.1, -0.05) is 25.0 Å². The van der Waals surface area contributed by atoms with E-state index in [1.165, 1.54) is 19.3 Å². The van der Waals surface area contributed by atoms with Gasteiger partial charge < -0.3 is 9.64 Å². The van der Waals surface area contributed by atoms with E-state index in [0.717, 1.165) is 51.3 Å². The summed E-state index contributed by atoms with van der Waals surface area (Å²) in [5, 5.41) is 6.83. The highest BCUT2D eigenvalue weighted by Gasteiger charge is 2.44. The number of hydrogen-bond donors (Lipinski definition) is 1. The first-order valence-corrected chi connectivity index (χ1v) is 11.2. The lowest BCUT2D eigenvalue weighted by atomic mass is 9.71. The summed E-state index contributed by atoms with van der Waals surface area (Å²) in [6, 6.07) is 1.87. The van der Waals surface area contributed by atoms with Crippen molar-refractivity contribution < 1.29 is 9.53 Å². The van der Waals surface area contributed by atoms with Gasteiger partial charge in [-0.25, -0.2) is 0 Å². The third kappa shape index (κ3) is 4.58. The van der Waals surface area contributed by atoms with Crippen molar-refractivity contribution >= 4 is 5.91 Å². The number of aromatic nitrogens is 2. The standard InChI is InChI=1S/C23H36N4O2/c1-18-5-4-8-22(2,3)20(18)7-11-26-13-14-29-23(16-26)9-12-27(17-23)21(28)15-19-6-10-24-25-19/h6,10H,4-5,7-9,11-17H2,1-3H3,(H,24,25). The minimum absolute atomic E-state index is 0.164. The SMILES string of the molecule is CC1=C(CCN2CCOC3(CCN(C(=O)Cc4ccn[nH]4)C3)C2)C(C)(C)CCC1. The number of aromatic amines is 1. The van der Waals surface area contributed by atoms with E-state index < -0.39 is 0 Å². The van der Waals surface area contributed by atoms with Crippen LogP contribution in [0.15, 0.2) is 23.4 Å². The fraction of sp³-hybridized carbons (Fsp3) is 0.739. The number of carbonyl (C=O) groups excluding carboxylic acids is 1. The van der Waals surface area contributed by atoms with Gasteiger partial charge in [0, 0.05) is 38.1 Å². The van der Waals surface area contributed by atoms with Gasteiger partial charge in [0.1, 0.15) is 5.60 Å². The van der Waals surface area contributed by atoms with Crippen molar-refractivity contribution in [2.24, 2.45) is 5.41 Å². The van der Waals surface area contributed by atoms with Gasteiger partial charge in [0.2, 0.25) is 5.91 Å². The van der Waals surface area contributed by atoms with Gasteiger partial charge in [0.05, 0.1) is 19.6 Å². The second kappa shape index (κ2) is 8.23. The van der Waals surface area contributed by atoms with Crippen LogP contribution in [-0.2, 0) is 16.0 Å². The Labute approximate surface area is 174 Å². The third-order valence-electron chi connectivity index (χ3n) is 7.26. The first-order valence-electron chi connectivity index (χ1n) is 11.2. The Hall–Kier alpha value is -1.66. The summed E-state index contributed by atoms with van der Waals surface area (Å²) in [6.07, 6.45) is 8.08. The number of amides is 1. The van der Waals surface area contributed by atoms with Crippen LogP contribution in [0.2, 0.25) is 0 Å². The van der Waals surface area contributed by atoms with Crippen LogP contribution in [0.5, 0.6) is 0 Å². The van der Waals surface area contributed by atoms with Gasteiger partial charge in [0.25, 0.3) is 0 Å². The first kappa shape index (κ1) is 20.6. The van der Waals surface area contributed by atoms with E-state index in [2.05, 4.69) is 35.9 Å². The molecule has 2 aliphatic heterocycles. The average Bonchev–Trinajstić information content (AvgIpc) is 3.31. The number of rotatable bonds is 5. The maximum Gasteiger partial charge on any atom is 0.228 e. The predicted octanol–water partition coefficient (Wildman–Crippen LogP) is 3.17. The highest BCUT2D eigenvalue weighted by Crippen LogP contribution is 2.42. The molecule has 0 saturated carbocycles. The van der Waals surface area contributed by atoms with Crippen molar-refractivity contribution in [2.45, 2.75) is 64.9 Å². The normalized spacial score (nSPS) is 27.8. The molecule has 0 radical (unpaired) electrons. The number of carbonyl (C=O) groups is 1. The van der Waals surface area contributed by atoms with E-state index in [9.17, 15) is 4.79 Å². The molecule has 1 aliphatic carbocycles. The van der Waals surface area contributed by atoms with Crippen molar-refractivity contribution in [3.05, 3.63) is 29.1 Å². The lowest BCUT2D eigenvalue weighted by Crippen LogP contribution is -2.53. The number of nitrogens with one attached hydrogen (secondary N) is 1. The minimum Gasteiger partial charge on any atom is -0.370 e. The fourth-order valence-corrected chi connectivity index (χ4v) is 5.57. The maximum absolute atomic E-state index is 12.7. The molecule has 1 N–H and O–H groups in total. The first-order chi connectivity index (χ1) is 13.9. The van der Waals surface area contributed by atoms with Crippen LogP contribution in [0.4, 0.5) is 0 Å². The zero-order valence-corrected chi connectivity index (χ0v) is 18.3. The van der Waals surface area contributed by atoms with Gasteiger partial charge in [-0.05, 0) is 50.5 Å². The third-order valence-corrected chi connectivity index (χ3v) is 7.26. The molecule has 3 aliphatic rings. The van der Waals surface area contributed by atoms with E-state index in [-0.39, 0.29) is 11.5 Å². The van der Waals surface area contributed by atoms with E-state index in [1.807, 2.05) is 11.0 Å². The molecule has 6 nitrogen and oxygen atoms in total. The lowest BCUT2D eigenvalue weighted by molar-refractivity contribution is -0.134. The molecule has 29 heavy (non-hydrogen) atoms. The van der Waals surface area contributed by atoms with Crippen LogP contribution in [0.3, 0.4) is 0 Å². The highest BCUT2D eigenvalue weighted by molar-refractivity contribution is 5.78. The van der Waals surface area contributed by atoms with Crippen molar-refractivity contribution in [1.29, 1.82) is 0 Å². The van der Waals surface area contributed by atoms with Gasteiger partial charge in [-0.15, -0.1) is 0 Å². The molecular formula is C23H36N4O2. The number of allylic oxidation sites excluding steroid dienone is 1. The molecule has 1 unspecified atom stereocenters. The van der Waals surface area contributed by atoms with Crippen molar-refractivity contribution in [3.63, 3.8) is 0 Å². The second-order valence-electron chi connectivity index (χ2n) is 9.88. The van der Waals surface area contributed by atoms with E-state index in [4.69, 9.17) is 4.74 Å². The van der Waals surface area contributed by atoms with E-state index in [1.54, 1.807) is 17.3 Å². The Morgan fingerprint density at radius 2 is 2.14 bits per heavy atom. The number of likely N-dealkylation sites (tertiary alicyclic amines) is 1. The monoisotopic (exact) mass is 400 g/mol. The molecule has 1 aromatic rings. The zero-order valence-electron chi connectivity index (χ0n) is 18.3. The van der Waals surface area contributed by atoms with Crippen LogP contribution in [0.25, 0.3) is 0 Å². The topological polar surface area (TPSA) is 61.5 Å². The largest absolute Gasteiger partial charge is 0.370 e. The van der Waals surface area contributed by atoms with Gasteiger partial charge in [-0.3, -0.25) is 14.8 Å². The Kier molecular flexibility index (Phi) is 5.85. The van der Waals surface area contributed by atoms with Crippen LogP contribution >= 0.6 is 0 Å². The quantitative estimate of drug-likeness (QED) is 0.771. The van der Waals surface area contributed by atoms with Crippen LogP contribution in [0, 0.1) is 5.41 Å². The molecule has 1 amide bonds. The fourth-order valence-electron chi connectivity index (χ4n) is 5.57. The Balaban J connectivity index is 1.33. The summed E-state index contributed by atoms with van der Waals surface area (Å²) in [5.74, 6) is 0.164. The summed E-state index contributed by atoms with van der Waals surface area (Å²) in [4.78, 5) is 17.2. The lowest BCUT2D eigenvalue weighted by Gasteiger charge is -2.41. The number of hydrogen-bond acceptors (Lipinski definition) is 4. The number of H-pyrrole nitrogens is 1. The smallest absolute Gasteiger partial charge is 0.228 e. The Morgan fingerprint density at radius 1 is 1.28 bits per heavy atom. The second-order valence-corrected chi connectivity index (χ2v) is 9.88. The molecule has 3 heterocycles. The van der Waals surface area contributed by atoms with Crippen molar-refractivity contribution in [3.8, 4) is 0 Å². The molecule has 0 bridgehead atoms. The molecule has 160 valence electrons. The molecule has 6 heteroatoms. The number of ether oxygens (including phenoxy) is 1. The van der Waals surface area contributed by atoms with Crippen molar-refractivity contribution in [1.82, 2.24) is 20.0 Å². The van der Waals surface area contributed by atoms with E-state index in [0.29, 0.717) is 18.4 Å². The van der Waals surface area contributed by atoms with E-state index >= 15 is 0 Å². The summed E-state index contributed by atoms with van der Waals surface area (Å²) in [6.45, 7) is 12.5. The minimum atomic E-state index is -0.187. The summed E-state index contributed by atoms with van der Waals surface area (Å²) >= 11 is 0. The van der Waals surface area contributed by atoms with Crippen LogP contribution in [0.1, 0.15) is 58.6 Å². The molecule has 0 aromatic carbocycles. The molecule has 1 atom stereocenters. The van der Waals surface area contributed by atoms with Crippen LogP contribution < -0.4 is 0 Å². The Morgan fingerprint density at radius 3 is 2.90 bits per heavy atom. The predicted molar refractivity (Wildman–Crippen MR) is 114 cm³/mol. The molecule has 1 spiro atoms. The molecule has 2 saturated heterocycles. The number of nitrogens with zero attached hydrogens (tertiary/aromatic N) is 3. The summed E-state index contributed by atoms with van der Waals surface area (Å²) in [5.41, 5.74) is 4.32. The highest BCUT2D eigenvalue weighted by atomic mass is 16.5. The number of morpholine rings is 1. The summed E-state index contributed by atoms with van der Waals surface area (Å²) < 4.78 is 6.26. The van der Waals surface area contributed by atoms with Gasteiger partial charge >= 0.3 is 0 Å². The molecule has 4 rings (SSSR count). The maximum atomic E-state index is 12.7. The molecule has 1 aromatic heterocycles. The van der Waals surface area contributed by atoms with Crippen LogP contribution in [-0.4, -0.2) is 70.8 Å². The average molecular weight is 401 g/mol. The molecule has 2 fully saturated rings. The Bertz CT molecular complexity index is 755. The summed E-state index contributed by atoms with van der Waals surface area (Å²) in [7, 11) is 0. The van der Waals surface area contributed by atoms with Crippen molar-refractivity contribution in [2.75, 3.05) is 39.3 Å². The molecular weight excluding hydrogens is 364 g/mol. The van der Waals surface area contributed by atoms with Gasteiger partial charge in [0.15, 0.2) is 0 Å². The van der Waals surface area contributed by atoms with Gasteiger partial charge in [-0.2, -0.15) is 5.10 Å².